The third-order valence-corrected chi connectivity index (χ3v) is 8.77. The molecule has 0 bridgehead atoms. The fourth-order valence-corrected chi connectivity index (χ4v) is 5.54. The van der Waals surface area contributed by atoms with Crippen LogP contribution in [0.25, 0.3) is 0 Å². The van der Waals surface area contributed by atoms with Crippen LogP contribution in [0.4, 0.5) is 59.7 Å². The molecular formula is C29H40BrF11N3O3+. The van der Waals surface area contributed by atoms with E-state index in [0.717, 1.165) is 5.32 Å². The van der Waals surface area contributed by atoms with Crippen LogP contribution in [-0.4, -0.2) is 76.8 Å². The third kappa shape index (κ3) is 7.82. The lowest BCUT2D eigenvalue weighted by Gasteiger charge is -2.51. The van der Waals surface area contributed by atoms with Crippen molar-refractivity contribution in [2.45, 2.75) is 114 Å². The van der Waals surface area contributed by atoms with Crippen molar-refractivity contribution < 1.29 is 62.5 Å². The number of halogens is 12. The van der Waals surface area contributed by atoms with Gasteiger partial charge in [0.25, 0.3) is 11.6 Å². The van der Waals surface area contributed by atoms with E-state index in [1.165, 1.54) is 82.0 Å². The lowest BCUT2D eigenvalue weighted by atomic mass is 9.71. The molecule has 0 radical (unpaired) electrons. The number of unbranched alkanes of at least 4 members (excludes halogenated alkanes) is 4. The van der Waals surface area contributed by atoms with Gasteiger partial charge >= 0.3 is 35.3 Å². The average molecular weight is 768 g/mol. The minimum atomic E-state index is -7.45. The van der Waals surface area contributed by atoms with Crippen molar-refractivity contribution in [1.29, 1.82) is 0 Å². The van der Waals surface area contributed by atoms with Crippen LogP contribution >= 0.6 is 15.9 Å². The molecule has 1 aliphatic carbocycles. The average Bonchev–Trinajstić information content (AvgIpc) is 2.99. The number of nitrogens with zero attached hydrogens (tertiary/aromatic N) is 2. The summed E-state index contributed by atoms with van der Waals surface area (Å²) in [6.45, 7) is 15.0. The van der Waals surface area contributed by atoms with Gasteiger partial charge < -0.3 is 9.80 Å². The van der Waals surface area contributed by atoms with Gasteiger partial charge in [0.2, 0.25) is 0 Å². The summed E-state index contributed by atoms with van der Waals surface area (Å²) in [6, 6.07) is 1.42. The first-order valence-electron chi connectivity index (χ1n) is 15.1. The van der Waals surface area contributed by atoms with Crippen LogP contribution in [0, 0.1) is 10.1 Å². The smallest absolute Gasteiger partial charge is 0.324 e. The first-order valence-corrected chi connectivity index (χ1v) is 15.9. The van der Waals surface area contributed by atoms with E-state index in [2.05, 4.69) is 43.6 Å². The number of benzene rings is 1. The zero-order chi connectivity index (χ0) is 36.7. The lowest BCUT2D eigenvalue weighted by Crippen LogP contribution is -2.86. The Bertz CT molecular complexity index is 1150. The van der Waals surface area contributed by atoms with Gasteiger partial charge in [-0.1, -0.05) is 53.4 Å². The number of non-ortho nitro benzene ring substituents is 1. The predicted octanol–water partition coefficient (Wildman–Crippen LogP) is 10.2. The van der Waals surface area contributed by atoms with Gasteiger partial charge in [0, 0.05) is 16.6 Å². The summed E-state index contributed by atoms with van der Waals surface area (Å²) in [4.78, 5) is 21.3. The van der Waals surface area contributed by atoms with Crippen LogP contribution in [0.2, 0.25) is 0 Å². The van der Waals surface area contributed by atoms with Crippen LogP contribution in [0.3, 0.4) is 0 Å². The van der Waals surface area contributed by atoms with Crippen molar-refractivity contribution in [3.63, 3.8) is 0 Å². The highest BCUT2D eigenvalue weighted by molar-refractivity contribution is 9.10. The molecule has 0 aliphatic heterocycles. The number of carbonyl (C=O) groups is 1. The molecule has 0 atom stereocenters. The molecular weight excluding hydrogens is 727 g/mol. The molecule has 0 spiro atoms. The van der Waals surface area contributed by atoms with Gasteiger partial charge in [-0.2, -0.15) is 43.9 Å². The molecule has 1 aromatic rings. The number of rotatable bonds is 15. The number of hydrogen-bond acceptors (Lipinski definition) is 3. The summed E-state index contributed by atoms with van der Waals surface area (Å²) >= 11 is 2.47. The van der Waals surface area contributed by atoms with Crippen molar-refractivity contribution in [3.8, 4) is 0 Å². The summed E-state index contributed by atoms with van der Waals surface area (Å²) < 4.78 is 150. The summed E-state index contributed by atoms with van der Waals surface area (Å²) in [6.07, 6.45) is 11.1. The summed E-state index contributed by atoms with van der Waals surface area (Å²) in [5, 5.41) is 11.4. The minimum absolute atomic E-state index is 0.410. The number of amides is 1. The van der Waals surface area contributed by atoms with Crippen molar-refractivity contribution in [1.82, 2.24) is 0 Å². The predicted molar refractivity (Wildman–Crippen MR) is 157 cm³/mol. The molecule has 1 fully saturated rings. The van der Waals surface area contributed by atoms with E-state index in [0.29, 0.717) is 18.2 Å². The third-order valence-electron chi connectivity index (χ3n) is 8.11. The molecule has 1 saturated carbocycles. The second-order valence-corrected chi connectivity index (χ2v) is 12.4. The molecule has 0 heterocycles. The Kier molecular flexibility index (Phi) is 14.5. The monoisotopic (exact) mass is 766 g/mol. The molecule has 1 aliphatic rings. The second-order valence-electron chi connectivity index (χ2n) is 11.6. The number of anilines is 1. The number of nitro groups is 1. The Morgan fingerprint density at radius 3 is 1.34 bits per heavy atom. The normalized spacial score (nSPS) is 20.1. The van der Waals surface area contributed by atoms with E-state index in [9.17, 15) is 63.2 Å². The summed E-state index contributed by atoms with van der Waals surface area (Å²) in [5.74, 6) is -40.5. The molecule has 272 valence electrons. The standard InChI is InChI=1S/C16H36N.C13H4BrF11N2O3/c1-5-9-13-17(14-10-6-2,15-11-7-3)16-12-8-4;14-5-3-4(27(29)30)1-2-6(5)26-7(28)8(15)9(16,17)11(20,21)13(24,25)12(22,23)10(8,18)19/h5-16H2,1-4H3;1-3H,(H,26,28)/q+1;. The van der Waals surface area contributed by atoms with Crippen LogP contribution in [0.5, 0.6) is 0 Å². The van der Waals surface area contributed by atoms with Crippen LogP contribution in [0.1, 0.15) is 79.1 Å². The highest BCUT2D eigenvalue weighted by atomic mass is 79.9. The molecule has 1 amide bonds. The first-order chi connectivity index (χ1) is 21.5. The van der Waals surface area contributed by atoms with E-state index in [1.54, 1.807) is 0 Å². The Morgan fingerprint density at radius 2 is 1.04 bits per heavy atom. The van der Waals surface area contributed by atoms with Crippen LogP contribution < -0.4 is 5.32 Å². The Morgan fingerprint density at radius 1 is 0.702 bits per heavy atom. The minimum Gasteiger partial charge on any atom is -0.324 e. The number of hydrogen-bond donors (Lipinski definition) is 1. The van der Waals surface area contributed by atoms with Gasteiger partial charge in [-0.15, -0.1) is 0 Å². The molecule has 18 heteroatoms. The lowest BCUT2D eigenvalue weighted by molar-refractivity contribution is -0.929. The number of alkyl halides is 11. The van der Waals surface area contributed by atoms with Crippen LogP contribution in [0.15, 0.2) is 22.7 Å². The molecule has 2 rings (SSSR count). The van der Waals surface area contributed by atoms with Crippen molar-refractivity contribution in [2.24, 2.45) is 0 Å². The van der Waals surface area contributed by atoms with Gasteiger partial charge in [0.05, 0.1) is 36.8 Å². The SMILES string of the molecule is CCCC[N+](CCCC)(CCCC)CCCC.O=C(Nc1ccc([N+](=O)[O-])cc1Br)C1(F)C(F)(F)C(F)(F)C(F)(F)C(F)(F)C1(F)F. The second kappa shape index (κ2) is 16.0. The number of nitro benzene ring substituents is 1. The fourth-order valence-electron chi connectivity index (χ4n) is 5.08. The van der Waals surface area contributed by atoms with E-state index < -0.39 is 62.0 Å². The molecule has 0 aromatic heterocycles. The van der Waals surface area contributed by atoms with E-state index in [4.69, 9.17) is 0 Å². The highest BCUT2D eigenvalue weighted by Gasteiger charge is 3.02. The van der Waals surface area contributed by atoms with E-state index in [1.807, 2.05) is 0 Å². The molecule has 1 aromatic carbocycles. The largest absolute Gasteiger partial charge is 0.384 e. The summed E-state index contributed by atoms with van der Waals surface area (Å²) in [7, 11) is 0. The quantitative estimate of drug-likeness (QED) is 0.0836. The molecule has 0 saturated heterocycles. The van der Waals surface area contributed by atoms with E-state index in [-0.39, 0.29) is 0 Å². The van der Waals surface area contributed by atoms with Gasteiger partial charge in [0.1, 0.15) is 0 Å². The maximum atomic E-state index is 14.6. The van der Waals surface area contributed by atoms with Crippen molar-refractivity contribution >= 4 is 33.2 Å². The molecule has 1 N–H and O–H groups in total. The first kappa shape index (κ1) is 42.8. The maximum Gasteiger partial charge on any atom is 0.384 e. The Balaban J connectivity index is 0.000000554. The summed E-state index contributed by atoms with van der Waals surface area (Å²) in [5.41, 5.74) is -8.66. The van der Waals surface area contributed by atoms with Gasteiger partial charge in [0.15, 0.2) is 0 Å². The zero-order valence-electron chi connectivity index (χ0n) is 26.4. The highest BCUT2D eigenvalue weighted by Crippen LogP contribution is 2.69. The number of nitrogens with one attached hydrogen (secondary N) is 1. The van der Waals surface area contributed by atoms with E-state index >= 15 is 0 Å². The Hall–Kier alpha value is -2.24. The topological polar surface area (TPSA) is 72.2 Å². The Labute approximate surface area is 274 Å². The molecule has 47 heavy (non-hydrogen) atoms. The van der Waals surface area contributed by atoms with Gasteiger partial charge in [-0.25, -0.2) is 4.39 Å². The van der Waals surface area contributed by atoms with Crippen LogP contribution in [-0.2, 0) is 4.79 Å². The number of carbonyl (C=O) groups excluding carboxylic acids is 1. The number of quaternary nitrogens is 1. The fraction of sp³-hybridized carbons (Fsp3) is 0.759. The zero-order valence-corrected chi connectivity index (χ0v) is 28.0. The van der Waals surface area contributed by atoms with Crippen molar-refractivity contribution in [3.05, 3.63) is 32.8 Å². The maximum absolute atomic E-state index is 14.6. The molecule has 6 nitrogen and oxygen atoms in total. The van der Waals surface area contributed by atoms with Gasteiger partial charge in [-0.05, 0) is 47.7 Å². The van der Waals surface area contributed by atoms with Gasteiger partial charge in [-0.3, -0.25) is 14.9 Å². The van der Waals surface area contributed by atoms with Crippen molar-refractivity contribution in [2.75, 3.05) is 31.5 Å². The molecule has 0 unspecified atom stereocenters.